The lowest BCUT2D eigenvalue weighted by Crippen LogP contribution is -2.63. The summed E-state index contributed by atoms with van der Waals surface area (Å²) in [4.78, 5) is 12.1. The second-order valence-electron chi connectivity index (χ2n) is 8.65. The largest absolute Gasteiger partial charge is 0.394 e. The summed E-state index contributed by atoms with van der Waals surface area (Å²) < 4.78 is 5.28. The van der Waals surface area contributed by atoms with Crippen molar-refractivity contribution in [1.29, 1.82) is 0 Å². The van der Waals surface area contributed by atoms with Crippen molar-refractivity contribution in [3.8, 4) is 0 Å². The van der Waals surface area contributed by atoms with Gasteiger partial charge < -0.3 is 30.5 Å². The van der Waals surface area contributed by atoms with Gasteiger partial charge in [0.25, 0.3) is 0 Å². The third-order valence-corrected chi connectivity index (χ3v) is 5.86. The number of nitrogens with one attached hydrogen (secondary N) is 1. The first kappa shape index (κ1) is 28.0. The molecule has 1 saturated heterocycles. The van der Waals surface area contributed by atoms with Gasteiger partial charge in [0.1, 0.15) is 24.4 Å². The number of aliphatic hydroxyl groups is 4. The Hall–Kier alpha value is -0.990. The van der Waals surface area contributed by atoms with Crippen LogP contribution < -0.4 is 5.32 Å². The van der Waals surface area contributed by atoms with E-state index < -0.39 is 37.3 Å². The van der Waals surface area contributed by atoms with E-state index in [4.69, 9.17) is 4.74 Å². The third-order valence-electron chi connectivity index (χ3n) is 5.86. The molecular formula is C24H45NO6. The van der Waals surface area contributed by atoms with Gasteiger partial charge in [0.05, 0.1) is 6.61 Å². The number of amides is 1. The number of unbranched alkanes of at least 4 members (excludes halogenated alkanes) is 11. The number of carbonyl (C=O) groups is 1. The van der Waals surface area contributed by atoms with E-state index in [1.54, 1.807) is 0 Å². The molecule has 0 spiro atoms. The first-order valence-electron chi connectivity index (χ1n) is 12.3. The van der Waals surface area contributed by atoms with Gasteiger partial charge in [-0.25, -0.2) is 0 Å². The maximum Gasteiger partial charge on any atom is 0.222 e. The molecule has 1 heterocycles. The van der Waals surface area contributed by atoms with Crippen molar-refractivity contribution in [1.82, 2.24) is 5.32 Å². The molecule has 31 heavy (non-hydrogen) atoms. The van der Waals surface area contributed by atoms with Crippen LogP contribution in [0.3, 0.4) is 0 Å². The van der Waals surface area contributed by atoms with Crippen molar-refractivity contribution in [2.45, 2.75) is 127 Å². The third kappa shape index (κ3) is 12.0. The van der Waals surface area contributed by atoms with Gasteiger partial charge in [0.2, 0.25) is 5.91 Å². The minimum absolute atomic E-state index is 0.276. The lowest BCUT2D eigenvalue weighted by molar-refractivity contribution is -0.236. The molecular weight excluding hydrogens is 398 g/mol. The monoisotopic (exact) mass is 443 g/mol. The topological polar surface area (TPSA) is 119 Å². The molecule has 1 aliphatic heterocycles. The van der Waals surface area contributed by atoms with Gasteiger partial charge in [-0.2, -0.15) is 0 Å². The molecule has 0 aromatic carbocycles. The summed E-state index contributed by atoms with van der Waals surface area (Å²) in [7, 11) is 0. The van der Waals surface area contributed by atoms with E-state index in [1.165, 1.54) is 51.4 Å². The molecule has 1 aliphatic rings. The standard InChI is InChI=1S/C24H45NO6/c1-2-3-4-5-6-7-8-9-10-11-12-13-14-15-16-17-20(27)25-24-23(30)22(29)21(28)19(18-26)31-24/h9-10,19,21-24,26,28-30H,2-8,11-18H2,1H3,(H,25,27)/t19-,21-,22+,23-,24-/m1/s1. The Morgan fingerprint density at radius 3 is 1.94 bits per heavy atom. The molecule has 0 unspecified atom stereocenters. The predicted octanol–water partition coefficient (Wildman–Crippen LogP) is 2.94. The van der Waals surface area contributed by atoms with Crippen LogP contribution in [0.15, 0.2) is 12.2 Å². The van der Waals surface area contributed by atoms with Gasteiger partial charge in [-0.3, -0.25) is 4.79 Å². The van der Waals surface area contributed by atoms with E-state index in [2.05, 4.69) is 24.4 Å². The zero-order valence-electron chi connectivity index (χ0n) is 19.3. The van der Waals surface area contributed by atoms with Crippen LogP contribution in [0.4, 0.5) is 0 Å². The van der Waals surface area contributed by atoms with Crippen LogP contribution in [0.25, 0.3) is 0 Å². The quantitative estimate of drug-likeness (QED) is 0.174. The summed E-state index contributed by atoms with van der Waals surface area (Å²) in [6.07, 6.45) is 13.9. The normalized spacial score (nSPS) is 26.4. The Kier molecular flexibility index (Phi) is 15.9. The highest BCUT2D eigenvalue weighted by molar-refractivity contribution is 5.76. The SMILES string of the molecule is CCCCCCCCC=CCCCCCCCC(=O)N[C@@H]1O[C@H](CO)[C@@H](O)[C@H](O)[C@H]1O. The zero-order valence-corrected chi connectivity index (χ0v) is 19.3. The lowest BCUT2D eigenvalue weighted by atomic mass is 9.98. The fourth-order valence-corrected chi connectivity index (χ4v) is 3.81. The zero-order chi connectivity index (χ0) is 22.9. The van der Waals surface area contributed by atoms with Crippen molar-refractivity contribution in [2.24, 2.45) is 0 Å². The highest BCUT2D eigenvalue weighted by Gasteiger charge is 2.43. The van der Waals surface area contributed by atoms with Crippen molar-refractivity contribution in [2.75, 3.05) is 6.61 Å². The van der Waals surface area contributed by atoms with Gasteiger partial charge in [-0.05, 0) is 32.1 Å². The molecule has 0 aliphatic carbocycles. The van der Waals surface area contributed by atoms with E-state index in [0.717, 1.165) is 32.1 Å². The molecule has 0 bridgehead atoms. The number of hydrogen-bond donors (Lipinski definition) is 5. The molecule has 1 amide bonds. The van der Waals surface area contributed by atoms with Crippen LogP contribution in [-0.4, -0.2) is 63.6 Å². The highest BCUT2D eigenvalue weighted by atomic mass is 16.6. The lowest BCUT2D eigenvalue weighted by Gasteiger charge is -2.40. The van der Waals surface area contributed by atoms with E-state index in [9.17, 15) is 25.2 Å². The fourth-order valence-electron chi connectivity index (χ4n) is 3.81. The fraction of sp³-hybridized carbons (Fsp3) is 0.875. The van der Waals surface area contributed by atoms with Gasteiger partial charge in [-0.15, -0.1) is 0 Å². The maximum atomic E-state index is 12.1. The van der Waals surface area contributed by atoms with E-state index in [0.29, 0.717) is 6.42 Å². The average Bonchev–Trinajstić information content (AvgIpc) is 2.76. The average molecular weight is 444 g/mol. The molecule has 5 atom stereocenters. The minimum atomic E-state index is -1.48. The summed E-state index contributed by atoms with van der Waals surface area (Å²) in [6, 6.07) is 0. The summed E-state index contributed by atoms with van der Waals surface area (Å²) in [5.74, 6) is -0.276. The van der Waals surface area contributed by atoms with Crippen molar-refractivity contribution in [3.05, 3.63) is 12.2 Å². The predicted molar refractivity (Wildman–Crippen MR) is 121 cm³/mol. The molecule has 7 nitrogen and oxygen atoms in total. The minimum Gasteiger partial charge on any atom is -0.394 e. The van der Waals surface area contributed by atoms with E-state index in [-0.39, 0.29) is 5.91 Å². The molecule has 5 N–H and O–H groups in total. The summed E-state index contributed by atoms with van der Waals surface area (Å²) >= 11 is 0. The molecule has 0 aromatic heterocycles. The molecule has 7 heteroatoms. The Morgan fingerprint density at radius 1 is 0.806 bits per heavy atom. The molecule has 1 fully saturated rings. The number of allylic oxidation sites excluding steroid dienone is 2. The first-order valence-corrected chi connectivity index (χ1v) is 12.3. The van der Waals surface area contributed by atoms with Crippen LogP contribution in [-0.2, 0) is 9.53 Å². The molecule has 182 valence electrons. The molecule has 1 rings (SSSR count). The number of carbonyl (C=O) groups excluding carboxylic acids is 1. The summed E-state index contributed by atoms with van der Waals surface area (Å²) in [6.45, 7) is 1.74. The Labute approximate surface area is 187 Å². The highest BCUT2D eigenvalue weighted by Crippen LogP contribution is 2.20. The summed E-state index contributed by atoms with van der Waals surface area (Å²) in [5, 5.41) is 41.1. The van der Waals surface area contributed by atoms with Crippen molar-refractivity contribution < 1.29 is 30.0 Å². The first-order chi connectivity index (χ1) is 15.0. The molecule has 0 radical (unpaired) electrons. The van der Waals surface area contributed by atoms with Gasteiger partial charge in [0, 0.05) is 6.42 Å². The van der Waals surface area contributed by atoms with Crippen LogP contribution in [0.2, 0.25) is 0 Å². The van der Waals surface area contributed by atoms with Crippen LogP contribution >= 0.6 is 0 Å². The Bertz CT molecular complexity index is 485. The number of aliphatic hydroxyl groups excluding tert-OH is 4. The second-order valence-corrected chi connectivity index (χ2v) is 8.65. The van der Waals surface area contributed by atoms with Crippen molar-refractivity contribution in [3.63, 3.8) is 0 Å². The van der Waals surface area contributed by atoms with Gasteiger partial charge >= 0.3 is 0 Å². The van der Waals surface area contributed by atoms with Crippen LogP contribution in [0, 0.1) is 0 Å². The Balaban J connectivity index is 1.99. The van der Waals surface area contributed by atoms with E-state index in [1.807, 2.05) is 0 Å². The maximum absolute atomic E-state index is 12.1. The van der Waals surface area contributed by atoms with Crippen molar-refractivity contribution >= 4 is 5.91 Å². The number of ether oxygens (including phenoxy) is 1. The Morgan fingerprint density at radius 2 is 1.35 bits per heavy atom. The van der Waals surface area contributed by atoms with Gasteiger partial charge in [0.15, 0.2) is 6.23 Å². The van der Waals surface area contributed by atoms with Crippen LogP contribution in [0.5, 0.6) is 0 Å². The van der Waals surface area contributed by atoms with E-state index >= 15 is 0 Å². The second kappa shape index (κ2) is 17.6. The smallest absolute Gasteiger partial charge is 0.222 e. The number of hydrogen-bond acceptors (Lipinski definition) is 6. The van der Waals surface area contributed by atoms with Gasteiger partial charge in [-0.1, -0.05) is 70.4 Å². The molecule has 0 saturated carbocycles. The number of rotatable bonds is 17. The molecule has 0 aromatic rings. The summed E-state index contributed by atoms with van der Waals surface area (Å²) in [5.41, 5.74) is 0. The van der Waals surface area contributed by atoms with Crippen LogP contribution in [0.1, 0.15) is 96.8 Å².